The van der Waals surface area contributed by atoms with Crippen molar-refractivity contribution in [1.29, 1.82) is 0 Å². The average Bonchev–Trinajstić information content (AvgIpc) is 3.55. The fourth-order valence-corrected chi connectivity index (χ4v) is 4.85. The Bertz CT molecular complexity index is 1130. The number of anilines is 1. The van der Waals surface area contributed by atoms with Gasteiger partial charge in [0.2, 0.25) is 5.95 Å². The standard InChI is InChI=1S/C25H30N6O2/c32-14-10-26-24(33)21-15-23(29-22-6-2-1-5-20(21)22)18-8-13-30(16-18)17-19-7-9-27-25(28-19)31-11-3-4-12-31/h1-2,5-7,9,15,18,32H,3-4,8,10-14,16-17H2,(H,26,33). The molecule has 1 unspecified atom stereocenters. The molecule has 8 heteroatoms. The molecule has 2 aliphatic heterocycles. The van der Waals surface area contributed by atoms with E-state index in [0.717, 1.165) is 67.4 Å². The van der Waals surface area contributed by atoms with Gasteiger partial charge in [-0.1, -0.05) is 18.2 Å². The first-order valence-corrected chi connectivity index (χ1v) is 11.8. The Morgan fingerprint density at radius 2 is 1.97 bits per heavy atom. The molecular weight excluding hydrogens is 416 g/mol. The Morgan fingerprint density at radius 3 is 2.82 bits per heavy atom. The van der Waals surface area contributed by atoms with Crippen LogP contribution in [0.3, 0.4) is 0 Å². The van der Waals surface area contributed by atoms with Gasteiger partial charge < -0.3 is 15.3 Å². The molecule has 3 aromatic rings. The van der Waals surface area contributed by atoms with E-state index in [2.05, 4.69) is 20.1 Å². The quantitative estimate of drug-likeness (QED) is 0.575. The molecule has 0 spiro atoms. The van der Waals surface area contributed by atoms with Gasteiger partial charge in [-0.05, 0) is 44.0 Å². The van der Waals surface area contributed by atoms with Gasteiger partial charge in [-0.25, -0.2) is 9.97 Å². The number of amides is 1. The number of para-hydroxylation sites is 1. The third-order valence-electron chi connectivity index (χ3n) is 6.54. The molecule has 33 heavy (non-hydrogen) atoms. The summed E-state index contributed by atoms with van der Waals surface area (Å²) in [5.41, 5.74) is 3.44. The number of pyridine rings is 1. The fraction of sp³-hybridized carbons (Fsp3) is 0.440. The summed E-state index contributed by atoms with van der Waals surface area (Å²) >= 11 is 0. The van der Waals surface area contributed by atoms with Crippen LogP contribution >= 0.6 is 0 Å². The second kappa shape index (κ2) is 9.80. The number of nitrogens with zero attached hydrogens (tertiary/aromatic N) is 5. The van der Waals surface area contributed by atoms with Crippen molar-refractivity contribution >= 4 is 22.8 Å². The van der Waals surface area contributed by atoms with Gasteiger partial charge in [-0.2, -0.15) is 0 Å². The van der Waals surface area contributed by atoms with Crippen molar-refractivity contribution in [3.8, 4) is 0 Å². The first-order chi connectivity index (χ1) is 16.2. The van der Waals surface area contributed by atoms with Crippen LogP contribution < -0.4 is 10.2 Å². The number of carbonyl (C=O) groups excluding carboxylic acids is 1. The first-order valence-electron chi connectivity index (χ1n) is 11.8. The van der Waals surface area contributed by atoms with E-state index in [9.17, 15) is 4.79 Å². The topological polar surface area (TPSA) is 94.5 Å². The highest BCUT2D eigenvalue weighted by Crippen LogP contribution is 2.30. The van der Waals surface area contributed by atoms with Crippen LogP contribution in [0, 0.1) is 0 Å². The molecule has 8 nitrogen and oxygen atoms in total. The maximum Gasteiger partial charge on any atom is 0.252 e. The highest BCUT2D eigenvalue weighted by atomic mass is 16.3. The third kappa shape index (κ3) is 4.82. The summed E-state index contributed by atoms with van der Waals surface area (Å²) < 4.78 is 0. The molecule has 2 N–H and O–H groups in total. The summed E-state index contributed by atoms with van der Waals surface area (Å²) in [6, 6.07) is 11.7. The molecule has 0 saturated carbocycles. The highest BCUT2D eigenvalue weighted by molar-refractivity contribution is 6.06. The van der Waals surface area contributed by atoms with Crippen LogP contribution in [0.2, 0.25) is 0 Å². The summed E-state index contributed by atoms with van der Waals surface area (Å²) in [4.78, 5) is 31.6. The number of likely N-dealkylation sites (tertiary alicyclic amines) is 1. The van der Waals surface area contributed by atoms with Gasteiger partial charge in [0.15, 0.2) is 0 Å². The number of hydrogen-bond acceptors (Lipinski definition) is 7. The normalized spacial score (nSPS) is 18.8. The maximum atomic E-state index is 12.8. The lowest BCUT2D eigenvalue weighted by atomic mass is 9.99. The van der Waals surface area contributed by atoms with E-state index in [1.165, 1.54) is 12.8 Å². The van der Waals surface area contributed by atoms with Crippen LogP contribution in [0.1, 0.15) is 46.9 Å². The van der Waals surface area contributed by atoms with Crippen molar-refractivity contribution in [3.05, 3.63) is 59.5 Å². The Hall–Kier alpha value is -3.10. The van der Waals surface area contributed by atoms with Crippen LogP contribution in [0.4, 0.5) is 5.95 Å². The van der Waals surface area contributed by atoms with Crippen molar-refractivity contribution in [3.63, 3.8) is 0 Å². The monoisotopic (exact) mass is 446 g/mol. The van der Waals surface area contributed by atoms with E-state index in [1.54, 1.807) is 0 Å². The molecule has 172 valence electrons. The van der Waals surface area contributed by atoms with Gasteiger partial charge in [0, 0.05) is 55.9 Å². The van der Waals surface area contributed by atoms with Gasteiger partial charge in [-0.15, -0.1) is 0 Å². The largest absolute Gasteiger partial charge is 0.395 e. The van der Waals surface area contributed by atoms with Crippen molar-refractivity contribution in [1.82, 2.24) is 25.2 Å². The van der Waals surface area contributed by atoms with E-state index in [-0.39, 0.29) is 25.0 Å². The zero-order chi connectivity index (χ0) is 22.6. The lowest BCUT2D eigenvalue weighted by molar-refractivity contribution is 0.0946. The minimum Gasteiger partial charge on any atom is -0.395 e. The van der Waals surface area contributed by atoms with Crippen molar-refractivity contribution < 1.29 is 9.90 Å². The van der Waals surface area contributed by atoms with Gasteiger partial charge in [-0.3, -0.25) is 14.7 Å². The van der Waals surface area contributed by atoms with Crippen LogP contribution in [0.5, 0.6) is 0 Å². The van der Waals surface area contributed by atoms with Crippen molar-refractivity contribution in [2.24, 2.45) is 0 Å². The average molecular weight is 447 g/mol. The number of aliphatic hydroxyl groups is 1. The predicted molar refractivity (Wildman–Crippen MR) is 127 cm³/mol. The number of nitrogens with one attached hydrogen (secondary N) is 1. The molecule has 2 saturated heterocycles. The molecule has 4 heterocycles. The molecule has 0 aliphatic carbocycles. The number of fused-ring (bicyclic) bond motifs is 1. The first kappa shape index (κ1) is 21.7. The van der Waals surface area contributed by atoms with Crippen LogP contribution in [-0.4, -0.2) is 70.2 Å². The number of aliphatic hydroxyl groups excluding tert-OH is 1. The second-order valence-corrected chi connectivity index (χ2v) is 8.85. The van der Waals surface area contributed by atoms with Gasteiger partial charge in [0.25, 0.3) is 5.91 Å². The Labute approximate surface area is 193 Å². The molecule has 0 radical (unpaired) electrons. The molecule has 5 rings (SSSR count). The van der Waals surface area contributed by atoms with Gasteiger partial charge in [0.05, 0.1) is 23.4 Å². The number of rotatable bonds is 7. The zero-order valence-electron chi connectivity index (χ0n) is 18.8. The Balaban J connectivity index is 1.32. The minimum absolute atomic E-state index is 0.0816. The lowest BCUT2D eigenvalue weighted by Crippen LogP contribution is -2.27. The molecule has 2 aliphatic rings. The summed E-state index contributed by atoms with van der Waals surface area (Å²) in [6.45, 7) is 4.87. The molecule has 2 aromatic heterocycles. The summed E-state index contributed by atoms with van der Waals surface area (Å²) in [7, 11) is 0. The molecule has 0 bridgehead atoms. The van der Waals surface area contributed by atoms with Crippen molar-refractivity contribution in [2.75, 3.05) is 44.2 Å². The summed E-state index contributed by atoms with van der Waals surface area (Å²) in [5.74, 6) is 0.934. The fourth-order valence-electron chi connectivity index (χ4n) is 4.85. The zero-order valence-corrected chi connectivity index (χ0v) is 18.8. The molecule has 1 amide bonds. The van der Waals surface area contributed by atoms with Crippen LogP contribution in [0.15, 0.2) is 42.6 Å². The Morgan fingerprint density at radius 1 is 1.12 bits per heavy atom. The van der Waals surface area contributed by atoms with E-state index < -0.39 is 0 Å². The van der Waals surface area contributed by atoms with E-state index in [0.29, 0.717) is 5.56 Å². The summed E-state index contributed by atoms with van der Waals surface area (Å²) in [6.07, 6.45) is 5.28. The van der Waals surface area contributed by atoms with Gasteiger partial charge >= 0.3 is 0 Å². The smallest absolute Gasteiger partial charge is 0.252 e. The predicted octanol–water partition coefficient (Wildman–Crippen LogP) is 2.34. The SMILES string of the molecule is O=C(NCCO)c1cc(C2CCN(Cc3ccnc(N4CCCC4)n3)C2)nc2ccccc12. The molecule has 1 atom stereocenters. The number of benzene rings is 1. The van der Waals surface area contributed by atoms with Crippen LogP contribution in [0.25, 0.3) is 10.9 Å². The minimum atomic E-state index is -0.172. The second-order valence-electron chi connectivity index (χ2n) is 8.85. The maximum absolute atomic E-state index is 12.8. The lowest BCUT2D eigenvalue weighted by Gasteiger charge is -2.19. The molecular formula is C25H30N6O2. The van der Waals surface area contributed by atoms with Crippen LogP contribution in [-0.2, 0) is 6.54 Å². The molecule has 2 fully saturated rings. The Kier molecular flexibility index (Phi) is 6.46. The third-order valence-corrected chi connectivity index (χ3v) is 6.54. The highest BCUT2D eigenvalue weighted by Gasteiger charge is 2.27. The number of aromatic nitrogens is 3. The number of carbonyl (C=O) groups is 1. The summed E-state index contributed by atoms with van der Waals surface area (Å²) in [5, 5.41) is 12.7. The van der Waals surface area contributed by atoms with E-state index >= 15 is 0 Å². The van der Waals surface area contributed by atoms with E-state index in [1.807, 2.05) is 42.6 Å². The molecule has 1 aromatic carbocycles. The van der Waals surface area contributed by atoms with E-state index in [4.69, 9.17) is 15.1 Å². The van der Waals surface area contributed by atoms with Gasteiger partial charge in [0.1, 0.15) is 0 Å². The van der Waals surface area contributed by atoms with Crippen molar-refractivity contribution in [2.45, 2.75) is 31.7 Å². The number of hydrogen-bond donors (Lipinski definition) is 2.